The van der Waals surface area contributed by atoms with E-state index in [0.717, 1.165) is 18.9 Å². The Hall–Kier alpha value is -2.87. The number of amides is 2. The number of nitrogens with one attached hydrogen (secondary N) is 2. The van der Waals surface area contributed by atoms with Gasteiger partial charge in [-0.3, -0.25) is 19.8 Å². The molecule has 2 amide bonds. The van der Waals surface area contributed by atoms with Gasteiger partial charge in [0.1, 0.15) is 6.04 Å². The highest BCUT2D eigenvalue weighted by Crippen LogP contribution is 2.24. The number of hydrogen-bond acceptors (Lipinski definition) is 6. The molecule has 0 aliphatic rings. The molecule has 1 aromatic heterocycles. The highest BCUT2D eigenvalue weighted by molar-refractivity contribution is 7.10. The van der Waals surface area contributed by atoms with E-state index in [4.69, 9.17) is 9.94 Å². The number of carbonyl (C=O) groups excluding carboxylic acids is 2. The molecular weight excluding hydrogens is 392 g/mol. The minimum Gasteiger partial charge on any atom is -0.370 e. The van der Waals surface area contributed by atoms with E-state index in [0.29, 0.717) is 5.56 Å². The monoisotopic (exact) mass is 409 g/mol. The second kappa shape index (κ2) is 9.36. The average molecular weight is 409 g/mol. The molecule has 2 rings (SSSR count). The molecule has 28 heavy (non-hydrogen) atoms. The first-order valence-electron chi connectivity index (χ1n) is 7.90. The molecule has 7 nitrogen and oxygen atoms in total. The molecular formula is C18H17F2N3O4S. The quantitative estimate of drug-likeness (QED) is 0.384. The van der Waals surface area contributed by atoms with Gasteiger partial charge in [-0.15, -0.1) is 11.3 Å². The highest BCUT2D eigenvalue weighted by atomic mass is 32.1. The number of hydroxylamine groups is 1. The van der Waals surface area contributed by atoms with Gasteiger partial charge in [-0.2, -0.15) is 0 Å². The van der Waals surface area contributed by atoms with Crippen LogP contribution in [0.4, 0.5) is 8.78 Å². The van der Waals surface area contributed by atoms with Gasteiger partial charge in [-0.05, 0) is 37.1 Å². The van der Waals surface area contributed by atoms with Crippen molar-refractivity contribution in [1.29, 1.82) is 0 Å². The Balaban J connectivity index is 2.18. The molecule has 1 aromatic carbocycles. The van der Waals surface area contributed by atoms with Crippen LogP contribution in [0.5, 0.6) is 0 Å². The van der Waals surface area contributed by atoms with Crippen molar-refractivity contribution in [3.05, 3.63) is 52.0 Å². The Bertz CT molecular complexity index is 878. The third-order valence-electron chi connectivity index (χ3n) is 4.00. The van der Waals surface area contributed by atoms with Gasteiger partial charge >= 0.3 is 0 Å². The van der Waals surface area contributed by atoms with Crippen LogP contribution in [0.15, 0.2) is 36.0 Å². The lowest BCUT2D eigenvalue weighted by molar-refractivity contribution is -0.157. The number of thiazole rings is 1. The highest BCUT2D eigenvalue weighted by Gasteiger charge is 2.48. The van der Waals surface area contributed by atoms with Gasteiger partial charge in [0.2, 0.25) is 0 Å². The first-order valence-corrected chi connectivity index (χ1v) is 8.78. The fourth-order valence-electron chi connectivity index (χ4n) is 2.20. The minimum atomic E-state index is -3.11. The van der Waals surface area contributed by atoms with Crippen LogP contribution < -0.4 is 10.8 Å². The number of aromatic nitrogens is 1. The fourth-order valence-corrected chi connectivity index (χ4v) is 2.66. The molecule has 0 bridgehead atoms. The molecule has 0 radical (unpaired) electrons. The van der Waals surface area contributed by atoms with Crippen LogP contribution in [0.25, 0.3) is 0 Å². The number of alkyl halides is 2. The summed E-state index contributed by atoms with van der Waals surface area (Å²) in [6.45, 7) is 0.954. The Kier molecular flexibility index (Phi) is 7.17. The second-order valence-electron chi connectivity index (χ2n) is 5.76. The molecule has 2 aromatic rings. The number of hydrogen-bond donors (Lipinski definition) is 3. The maximum absolute atomic E-state index is 13.4. The summed E-state index contributed by atoms with van der Waals surface area (Å²) < 4.78 is 31.5. The van der Waals surface area contributed by atoms with Crippen molar-refractivity contribution >= 4 is 23.2 Å². The van der Waals surface area contributed by atoms with Gasteiger partial charge in [-0.1, -0.05) is 5.92 Å². The van der Waals surface area contributed by atoms with Gasteiger partial charge < -0.3 is 10.1 Å². The summed E-state index contributed by atoms with van der Waals surface area (Å²) >= 11 is 1.39. The summed E-state index contributed by atoms with van der Waals surface area (Å²) in [6.07, 6.45) is -1.48. The van der Waals surface area contributed by atoms with E-state index in [1.54, 1.807) is 23.8 Å². The van der Waals surface area contributed by atoms with Crippen molar-refractivity contribution in [2.75, 3.05) is 7.11 Å². The SMILES string of the molecule is COC(C)(C(F)F)[C@H](NC(=O)c1ccc(C#Cc2cncs2)cc1)C(=O)NO. The Morgan fingerprint density at radius 3 is 2.46 bits per heavy atom. The third kappa shape index (κ3) is 4.89. The molecule has 0 aliphatic carbocycles. The van der Waals surface area contributed by atoms with Gasteiger partial charge in [0.15, 0.2) is 5.60 Å². The van der Waals surface area contributed by atoms with Crippen molar-refractivity contribution in [3.63, 3.8) is 0 Å². The van der Waals surface area contributed by atoms with E-state index in [1.165, 1.54) is 28.9 Å². The Morgan fingerprint density at radius 2 is 1.96 bits per heavy atom. The number of carbonyl (C=O) groups is 2. The van der Waals surface area contributed by atoms with E-state index in [2.05, 4.69) is 22.1 Å². The Labute approximate surface area is 163 Å². The first-order chi connectivity index (χ1) is 13.3. The van der Waals surface area contributed by atoms with Gasteiger partial charge in [0.25, 0.3) is 18.2 Å². The fraction of sp³-hybridized carbons (Fsp3) is 0.278. The molecule has 0 aliphatic heterocycles. The summed E-state index contributed by atoms with van der Waals surface area (Å²) in [5.41, 5.74) is 1.32. The molecule has 0 saturated heterocycles. The molecule has 148 valence electrons. The van der Waals surface area contributed by atoms with Crippen LogP contribution >= 0.6 is 11.3 Å². The van der Waals surface area contributed by atoms with E-state index >= 15 is 0 Å². The summed E-state index contributed by atoms with van der Waals surface area (Å²) in [7, 11) is 0.979. The zero-order valence-electron chi connectivity index (χ0n) is 14.9. The van der Waals surface area contributed by atoms with Crippen molar-refractivity contribution in [3.8, 4) is 11.8 Å². The van der Waals surface area contributed by atoms with Crippen molar-refractivity contribution < 1.29 is 28.3 Å². The molecule has 1 heterocycles. The predicted octanol–water partition coefficient (Wildman–Crippen LogP) is 1.82. The van der Waals surface area contributed by atoms with Gasteiger partial charge in [0.05, 0.1) is 16.6 Å². The summed E-state index contributed by atoms with van der Waals surface area (Å²) in [4.78, 5) is 28.9. The number of nitrogens with zero attached hydrogens (tertiary/aromatic N) is 1. The first kappa shape index (κ1) is 21.4. The van der Waals surface area contributed by atoms with Crippen LogP contribution in [0.1, 0.15) is 27.7 Å². The predicted molar refractivity (Wildman–Crippen MR) is 97.1 cm³/mol. The molecule has 3 N–H and O–H groups in total. The third-order valence-corrected chi connectivity index (χ3v) is 4.69. The number of methoxy groups -OCH3 is 1. The molecule has 0 saturated carbocycles. The second-order valence-corrected chi connectivity index (χ2v) is 6.65. The van der Waals surface area contributed by atoms with E-state index in [-0.39, 0.29) is 5.56 Å². The number of ether oxygens (including phenoxy) is 1. The molecule has 0 fully saturated rings. The molecule has 10 heteroatoms. The average Bonchev–Trinajstić information content (AvgIpc) is 3.23. The molecule has 2 atom stereocenters. The lowest BCUT2D eigenvalue weighted by atomic mass is 9.95. The summed E-state index contributed by atoms with van der Waals surface area (Å²) in [5, 5.41) is 11.0. The maximum Gasteiger partial charge on any atom is 0.269 e. The van der Waals surface area contributed by atoms with E-state index in [9.17, 15) is 18.4 Å². The molecule has 1 unspecified atom stereocenters. The van der Waals surface area contributed by atoms with Gasteiger partial charge in [-0.25, -0.2) is 14.3 Å². The number of halogens is 2. The smallest absolute Gasteiger partial charge is 0.269 e. The lowest BCUT2D eigenvalue weighted by Gasteiger charge is -2.34. The number of rotatable bonds is 6. The number of benzene rings is 1. The topological polar surface area (TPSA) is 101 Å². The van der Waals surface area contributed by atoms with Crippen LogP contribution in [0.3, 0.4) is 0 Å². The standard InChI is InChI=1S/C18H17F2N3O4S/c1-18(27-2,17(19)20)14(16(25)23-26)22-15(24)12-6-3-11(4-7-12)5-8-13-9-21-10-28-13/h3-4,6-7,9-10,14,17,26H,1-2H3,(H,22,24)(H,23,25)/t14-,18?/m1/s1. The van der Waals surface area contributed by atoms with Gasteiger partial charge in [0, 0.05) is 18.2 Å². The summed E-state index contributed by atoms with van der Waals surface area (Å²) in [5.74, 6) is 3.79. The zero-order valence-corrected chi connectivity index (χ0v) is 15.7. The maximum atomic E-state index is 13.4. The largest absolute Gasteiger partial charge is 0.370 e. The lowest BCUT2D eigenvalue weighted by Crippen LogP contribution is -2.62. The minimum absolute atomic E-state index is 0.117. The van der Waals surface area contributed by atoms with Crippen molar-refractivity contribution in [2.45, 2.75) is 25.0 Å². The summed E-state index contributed by atoms with van der Waals surface area (Å²) in [6, 6.07) is 4.19. The zero-order chi connectivity index (χ0) is 20.7. The van der Waals surface area contributed by atoms with Crippen molar-refractivity contribution in [2.24, 2.45) is 0 Å². The van der Waals surface area contributed by atoms with Crippen molar-refractivity contribution in [1.82, 2.24) is 15.8 Å². The van der Waals surface area contributed by atoms with Crippen LogP contribution in [0, 0.1) is 11.8 Å². The van der Waals surface area contributed by atoms with Crippen LogP contribution in [-0.4, -0.2) is 47.2 Å². The normalized spacial score (nSPS) is 13.8. The van der Waals surface area contributed by atoms with Crippen LogP contribution in [0.2, 0.25) is 0 Å². The van der Waals surface area contributed by atoms with Crippen LogP contribution in [-0.2, 0) is 9.53 Å². The van der Waals surface area contributed by atoms with E-state index in [1.807, 2.05) is 0 Å². The Morgan fingerprint density at radius 1 is 1.29 bits per heavy atom. The molecule has 0 spiro atoms. The van der Waals surface area contributed by atoms with E-state index < -0.39 is 29.9 Å².